The van der Waals surface area contributed by atoms with Crippen molar-refractivity contribution in [3.05, 3.63) is 63.6 Å². The zero-order valence-corrected chi connectivity index (χ0v) is 12.8. The van der Waals surface area contributed by atoms with Crippen LogP contribution in [0.5, 0.6) is 5.75 Å². The van der Waals surface area contributed by atoms with E-state index in [0.717, 1.165) is 17.5 Å². The molecular weight excluding hydrogens is 293 g/mol. The maximum atomic E-state index is 6.22. The van der Waals surface area contributed by atoms with Gasteiger partial charge in [0.15, 0.2) is 0 Å². The van der Waals surface area contributed by atoms with Crippen molar-refractivity contribution in [1.29, 1.82) is 0 Å². The minimum atomic E-state index is 0.0614. The normalized spacial score (nSPS) is 12.2. The van der Waals surface area contributed by atoms with E-state index in [1.54, 1.807) is 0 Å². The summed E-state index contributed by atoms with van der Waals surface area (Å²) in [5.74, 6) is 0.710. The SMILES string of the molecule is CC(N)Cc1cccc(Cl)c1OCc1ccc(Cl)cc1. The van der Waals surface area contributed by atoms with Crippen LogP contribution < -0.4 is 10.5 Å². The van der Waals surface area contributed by atoms with Gasteiger partial charge in [-0.2, -0.15) is 0 Å². The van der Waals surface area contributed by atoms with Gasteiger partial charge in [-0.1, -0.05) is 47.5 Å². The topological polar surface area (TPSA) is 35.2 Å². The van der Waals surface area contributed by atoms with Crippen LogP contribution in [-0.2, 0) is 13.0 Å². The summed E-state index contributed by atoms with van der Waals surface area (Å²) in [6.45, 7) is 2.41. The summed E-state index contributed by atoms with van der Waals surface area (Å²) in [5, 5.41) is 1.32. The Kier molecular flexibility index (Phi) is 5.30. The van der Waals surface area contributed by atoms with Gasteiger partial charge in [-0.05, 0) is 42.7 Å². The van der Waals surface area contributed by atoms with Crippen LogP contribution in [-0.4, -0.2) is 6.04 Å². The summed E-state index contributed by atoms with van der Waals surface area (Å²) >= 11 is 12.1. The van der Waals surface area contributed by atoms with Crippen LogP contribution in [0.1, 0.15) is 18.1 Å². The van der Waals surface area contributed by atoms with Gasteiger partial charge in [0.1, 0.15) is 12.4 Å². The molecule has 2 rings (SSSR count). The van der Waals surface area contributed by atoms with Gasteiger partial charge in [-0.15, -0.1) is 0 Å². The van der Waals surface area contributed by atoms with Crippen LogP contribution in [0.3, 0.4) is 0 Å². The van der Waals surface area contributed by atoms with Gasteiger partial charge >= 0.3 is 0 Å². The zero-order chi connectivity index (χ0) is 14.5. The van der Waals surface area contributed by atoms with Crippen molar-refractivity contribution in [1.82, 2.24) is 0 Å². The van der Waals surface area contributed by atoms with E-state index in [1.165, 1.54) is 0 Å². The molecule has 0 radical (unpaired) electrons. The number of benzene rings is 2. The van der Waals surface area contributed by atoms with Crippen LogP contribution in [0.4, 0.5) is 0 Å². The predicted octanol–water partition coefficient (Wildman–Crippen LogP) is 4.46. The fourth-order valence-electron chi connectivity index (χ4n) is 1.96. The van der Waals surface area contributed by atoms with E-state index in [-0.39, 0.29) is 6.04 Å². The van der Waals surface area contributed by atoms with Crippen LogP contribution in [0.15, 0.2) is 42.5 Å². The lowest BCUT2D eigenvalue weighted by molar-refractivity contribution is 0.302. The molecule has 0 amide bonds. The van der Waals surface area contributed by atoms with Crippen molar-refractivity contribution in [2.24, 2.45) is 5.73 Å². The number of para-hydroxylation sites is 1. The van der Waals surface area contributed by atoms with Crippen molar-refractivity contribution in [2.45, 2.75) is 26.0 Å². The highest BCUT2D eigenvalue weighted by Gasteiger charge is 2.10. The van der Waals surface area contributed by atoms with Crippen molar-refractivity contribution in [3.8, 4) is 5.75 Å². The molecule has 0 spiro atoms. The predicted molar refractivity (Wildman–Crippen MR) is 84.6 cm³/mol. The van der Waals surface area contributed by atoms with Gasteiger partial charge in [-0.25, -0.2) is 0 Å². The van der Waals surface area contributed by atoms with Gasteiger partial charge in [0.25, 0.3) is 0 Å². The van der Waals surface area contributed by atoms with Crippen molar-refractivity contribution < 1.29 is 4.74 Å². The molecular formula is C16H17Cl2NO. The maximum absolute atomic E-state index is 6.22. The molecule has 0 aliphatic carbocycles. The van der Waals surface area contributed by atoms with E-state index >= 15 is 0 Å². The average Bonchev–Trinajstić information content (AvgIpc) is 2.39. The van der Waals surface area contributed by atoms with Gasteiger partial charge in [-0.3, -0.25) is 0 Å². The Morgan fingerprint density at radius 3 is 2.45 bits per heavy atom. The van der Waals surface area contributed by atoms with Crippen LogP contribution in [0.2, 0.25) is 10.0 Å². The van der Waals surface area contributed by atoms with Crippen LogP contribution in [0, 0.1) is 0 Å². The Morgan fingerprint density at radius 2 is 1.80 bits per heavy atom. The number of ether oxygens (including phenoxy) is 1. The lowest BCUT2D eigenvalue weighted by atomic mass is 10.1. The molecule has 0 aliphatic rings. The Balaban J connectivity index is 2.13. The minimum absolute atomic E-state index is 0.0614. The van der Waals surface area contributed by atoms with Gasteiger partial charge in [0.05, 0.1) is 5.02 Å². The smallest absolute Gasteiger partial charge is 0.141 e. The monoisotopic (exact) mass is 309 g/mol. The molecule has 4 heteroatoms. The molecule has 2 nitrogen and oxygen atoms in total. The van der Waals surface area contributed by atoms with E-state index in [0.29, 0.717) is 22.4 Å². The molecule has 106 valence electrons. The number of rotatable bonds is 5. The molecule has 0 saturated carbocycles. The fourth-order valence-corrected chi connectivity index (χ4v) is 2.33. The number of hydrogen-bond acceptors (Lipinski definition) is 2. The van der Waals surface area contributed by atoms with Gasteiger partial charge in [0, 0.05) is 11.1 Å². The first kappa shape index (κ1) is 15.2. The van der Waals surface area contributed by atoms with Crippen molar-refractivity contribution in [2.75, 3.05) is 0 Å². The first-order chi connectivity index (χ1) is 9.56. The third-order valence-corrected chi connectivity index (χ3v) is 3.44. The molecule has 0 fully saturated rings. The summed E-state index contributed by atoms with van der Waals surface area (Å²) in [4.78, 5) is 0. The second-order valence-electron chi connectivity index (χ2n) is 4.82. The molecule has 0 aliphatic heterocycles. The van der Waals surface area contributed by atoms with E-state index in [1.807, 2.05) is 49.4 Å². The van der Waals surface area contributed by atoms with Crippen molar-refractivity contribution in [3.63, 3.8) is 0 Å². The fraction of sp³-hybridized carbons (Fsp3) is 0.250. The third-order valence-electron chi connectivity index (χ3n) is 2.89. The second-order valence-corrected chi connectivity index (χ2v) is 5.67. The summed E-state index contributed by atoms with van der Waals surface area (Å²) in [6, 6.07) is 13.3. The molecule has 2 aromatic rings. The highest BCUT2D eigenvalue weighted by Crippen LogP contribution is 2.30. The Labute approximate surface area is 129 Å². The standard InChI is InChI=1S/C16H17Cl2NO/c1-11(19)9-13-3-2-4-15(18)16(13)20-10-12-5-7-14(17)8-6-12/h2-8,11H,9-10,19H2,1H3. The van der Waals surface area contributed by atoms with E-state index in [4.69, 9.17) is 33.7 Å². The molecule has 2 N–H and O–H groups in total. The molecule has 0 aromatic heterocycles. The lowest BCUT2D eigenvalue weighted by Crippen LogP contribution is -2.18. The average molecular weight is 310 g/mol. The molecule has 2 aromatic carbocycles. The van der Waals surface area contributed by atoms with E-state index in [2.05, 4.69) is 0 Å². The lowest BCUT2D eigenvalue weighted by Gasteiger charge is -2.14. The highest BCUT2D eigenvalue weighted by atomic mass is 35.5. The van der Waals surface area contributed by atoms with Gasteiger partial charge in [0.2, 0.25) is 0 Å². The Hall–Kier alpha value is -1.22. The largest absolute Gasteiger partial charge is 0.487 e. The molecule has 1 unspecified atom stereocenters. The first-order valence-corrected chi connectivity index (χ1v) is 7.22. The summed E-state index contributed by atoms with van der Waals surface area (Å²) < 4.78 is 5.86. The molecule has 1 atom stereocenters. The molecule has 0 heterocycles. The first-order valence-electron chi connectivity index (χ1n) is 6.46. The quantitative estimate of drug-likeness (QED) is 0.885. The molecule has 0 saturated heterocycles. The molecule has 20 heavy (non-hydrogen) atoms. The Morgan fingerprint density at radius 1 is 1.10 bits per heavy atom. The third kappa shape index (κ3) is 4.14. The summed E-state index contributed by atoms with van der Waals surface area (Å²) in [6.07, 6.45) is 0.733. The summed E-state index contributed by atoms with van der Waals surface area (Å²) in [7, 11) is 0. The van der Waals surface area contributed by atoms with Crippen LogP contribution >= 0.6 is 23.2 Å². The molecule has 0 bridgehead atoms. The number of halogens is 2. The maximum Gasteiger partial charge on any atom is 0.141 e. The van der Waals surface area contributed by atoms with Crippen LogP contribution in [0.25, 0.3) is 0 Å². The van der Waals surface area contributed by atoms with E-state index in [9.17, 15) is 0 Å². The summed E-state index contributed by atoms with van der Waals surface area (Å²) in [5.41, 5.74) is 7.93. The minimum Gasteiger partial charge on any atom is -0.487 e. The van der Waals surface area contributed by atoms with Gasteiger partial charge < -0.3 is 10.5 Å². The Bertz CT molecular complexity index is 567. The number of hydrogen-bond donors (Lipinski definition) is 1. The zero-order valence-electron chi connectivity index (χ0n) is 11.3. The number of nitrogens with two attached hydrogens (primary N) is 1. The second kappa shape index (κ2) is 6.98. The van der Waals surface area contributed by atoms with Crippen molar-refractivity contribution >= 4 is 23.2 Å². The highest BCUT2D eigenvalue weighted by molar-refractivity contribution is 6.32. The van der Waals surface area contributed by atoms with E-state index < -0.39 is 0 Å².